The molecule has 0 aliphatic rings. The third kappa shape index (κ3) is 1.26. The fraction of sp³-hybridized carbons (Fsp3) is 0.667. The summed E-state index contributed by atoms with van der Waals surface area (Å²) in [6, 6.07) is 0. The van der Waals surface area contributed by atoms with E-state index in [1.165, 1.54) is 5.32 Å². The molecule has 0 aromatic carbocycles. The lowest BCUT2D eigenvalue weighted by Gasteiger charge is -2.13. The normalized spacial score (nSPS) is 12.0. The predicted octanol–water partition coefficient (Wildman–Crippen LogP) is 0.360. The zero-order valence-electron chi connectivity index (χ0n) is 6.92. The lowest BCUT2D eigenvalue weighted by molar-refractivity contribution is 0.727. The topological polar surface area (TPSA) is 30.7 Å². The van der Waals surface area contributed by atoms with Crippen molar-refractivity contribution >= 4 is 13.4 Å². The molecule has 0 fully saturated rings. The van der Waals surface area contributed by atoms with Crippen LogP contribution in [0.1, 0.15) is 0 Å². The molecule has 4 heteroatoms. The highest BCUT2D eigenvalue weighted by molar-refractivity contribution is 6.88. The minimum absolute atomic E-state index is 1.19. The summed E-state index contributed by atoms with van der Waals surface area (Å²) < 4.78 is 1.87. The van der Waals surface area contributed by atoms with Crippen molar-refractivity contribution in [1.82, 2.24) is 15.0 Å². The van der Waals surface area contributed by atoms with Gasteiger partial charge >= 0.3 is 0 Å². The van der Waals surface area contributed by atoms with Gasteiger partial charge in [-0.3, -0.25) is 4.68 Å². The molecule has 10 heavy (non-hydrogen) atoms. The SMILES string of the molecule is Cn1nncc1[Si](C)(C)C. The van der Waals surface area contributed by atoms with Crippen LogP contribution in [-0.4, -0.2) is 23.1 Å². The van der Waals surface area contributed by atoms with Crippen molar-refractivity contribution in [2.24, 2.45) is 7.05 Å². The second-order valence-electron chi connectivity index (χ2n) is 3.49. The van der Waals surface area contributed by atoms with Gasteiger partial charge in [-0.05, 0) is 0 Å². The quantitative estimate of drug-likeness (QED) is 0.548. The van der Waals surface area contributed by atoms with Gasteiger partial charge in [-0.1, -0.05) is 24.9 Å². The first kappa shape index (κ1) is 7.46. The molecule has 3 nitrogen and oxygen atoms in total. The molecular weight excluding hydrogens is 142 g/mol. The first-order valence-electron chi connectivity index (χ1n) is 3.37. The molecule has 0 radical (unpaired) electrons. The van der Waals surface area contributed by atoms with Crippen LogP contribution in [-0.2, 0) is 7.05 Å². The first-order chi connectivity index (χ1) is 4.52. The van der Waals surface area contributed by atoms with Gasteiger partial charge in [0.15, 0.2) is 0 Å². The van der Waals surface area contributed by atoms with Crippen molar-refractivity contribution in [3.8, 4) is 0 Å². The number of rotatable bonds is 1. The van der Waals surface area contributed by atoms with Gasteiger partial charge in [0, 0.05) is 12.4 Å². The highest BCUT2D eigenvalue weighted by Gasteiger charge is 2.20. The van der Waals surface area contributed by atoms with Gasteiger partial charge in [0.25, 0.3) is 0 Å². The molecule has 0 aliphatic heterocycles. The maximum absolute atomic E-state index is 3.88. The second kappa shape index (κ2) is 2.19. The Labute approximate surface area is 62.1 Å². The van der Waals surface area contributed by atoms with E-state index in [4.69, 9.17) is 0 Å². The van der Waals surface area contributed by atoms with E-state index in [9.17, 15) is 0 Å². The maximum Gasteiger partial charge on any atom is 0.103 e. The molecule has 0 unspecified atom stereocenters. The molecule has 0 amide bonds. The Morgan fingerprint density at radius 1 is 1.40 bits per heavy atom. The van der Waals surface area contributed by atoms with Crippen molar-refractivity contribution in [2.45, 2.75) is 19.6 Å². The van der Waals surface area contributed by atoms with Crippen LogP contribution in [0.5, 0.6) is 0 Å². The van der Waals surface area contributed by atoms with Crippen molar-refractivity contribution < 1.29 is 0 Å². The molecule has 0 spiro atoms. The second-order valence-corrected chi connectivity index (χ2v) is 8.51. The Bertz CT molecular complexity index is 223. The van der Waals surface area contributed by atoms with Gasteiger partial charge in [-0.2, -0.15) is 0 Å². The number of aryl methyl sites for hydroxylation is 1. The number of aromatic nitrogens is 3. The molecule has 1 heterocycles. The lowest BCUT2D eigenvalue weighted by Crippen LogP contribution is -2.42. The van der Waals surface area contributed by atoms with Crippen molar-refractivity contribution in [2.75, 3.05) is 0 Å². The van der Waals surface area contributed by atoms with Crippen LogP contribution in [0.25, 0.3) is 0 Å². The van der Waals surface area contributed by atoms with Crippen molar-refractivity contribution in [3.05, 3.63) is 6.20 Å². The number of nitrogens with zero attached hydrogens (tertiary/aromatic N) is 3. The molecule has 0 saturated heterocycles. The van der Waals surface area contributed by atoms with Crippen LogP contribution >= 0.6 is 0 Å². The minimum atomic E-state index is -1.19. The van der Waals surface area contributed by atoms with Gasteiger partial charge in [0.05, 0.1) is 6.20 Å². The van der Waals surface area contributed by atoms with Crippen molar-refractivity contribution in [3.63, 3.8) is 0 Å². The van der Waals surface area contributed by atoms with E-state index >= 15 is 0 Å². The van der Waals surface area contributed by atoms with Crippen LogP contribution in [0, 0.1) is 0 Å². The summed E-state index contributed by atoms with van der Waals surface area (Å²) in [6.45, 7) is 6.85. The summed E-state index contributed by atoms with van der Waals surface area (Å²) in [4.78, 5) is 0. The maximum atomic E-state index is 3.88. The third-order valence-corrected chi connectivity index (χ3v) is 3.47. The average molecular weight is 155 g/mol. The summed E-state index contributed by atoms with van der Waals surface area (Å²) in [5, 5.41) is 9.02. The summed E-state index contributed by atoms with van der Waals surface area (Å²) >= 11 is 0. The fourth-order valence-electron chi connectivity index (χ4n) is 0.969. The van der Waals surface area contributed by atoms with Gasteiger partial charge in [0.2, 0.25) is 0 Å². The lowest BCUT2D eigenvalue weighted by atomic mass is 10.9. The van der Waals surface area contributed by atoms with E-state index in [0.717, 1.165) is 0 Å². The Balaban J connectivity index is 3.05. The van der Waals surface area contributed by atoms with Gasteiger partial charge in [0.1, 0.15) is 8.07 Å². The molecule has 56 valence electrons. The van der Waals surface area contributed by atoms with E-state index < -0.39 is 8.07 Å². The molecule has 0 bridgehead atoms. The predicted molar refractivity (Wildman–Crippen MR) is 44.0 cm³/mol. The molecule has 0 aliphatic carbocycles. The highest BCUT2D eigenvalue weighted by atomic mass is 28.3. The minimum Gasteiger partial charge on any atom is -0.257 e. The van der Waals surface area contributed by atoms with Gasteiger partial charge < -0.3 is 0 Å². The van der Waals surface area contributed by atoms with Crippen LogP contribution in [0.3, 0.4) is 0 Å². The Morgan fingerprint density at radius 2 is 2.00 bits per heavy atom. The van der Waals surface area contributed by atoms with E-state index in [1.54, 1.807) is 0 Å². The smallest absolute Gasteiger partial charge is 0.103 e. The van der Waals surface area contributed by atoms with Gasteiger partial charge in [-0.15, -0.1) is 5.10 Å². The summed E-state index contributed by atoms with van der Waals surface area (Å²) in [7, 11) is 0.757. The molecule has 1 aromatic rings. The van der Waals surface area contributed by atoms with E-state index in [2.05, 4.69) is 30.0 Å². The van der Waals surface area contributed by atoms with Crippen LogP contribution in [0.2, 0.25) is 19.6 Å². The van der Waals surface area contributed by atoms with Crippen molar-refractivity contribution in [1.29, 1.82) is 0 Å². The zero-order valence-corrected chi connectivity index (χ0v) is 7.92. The van der Waals surface area contributed by atoms with Crippen LogP contribution in [0.15, 0.2) is 6.20 Å². The van der Waals surface area contributed by atoms with E-state index in [1.807, 2.05) is 17.9 Å². The van der Waals surface area contributed by atoms with Gasteiger partial charge in [-0.25, -0.2) is 0 Å². The molecule has 0 atom stereocenters. The van der Waals surface area contributed by atoms with E-state index in [0.29, 0.717) is 0 Å². The molecule has 1 aromatic heterocycles. The number of hydrogen-bond acceptors (Lipinski definition) is 2. The fourth-order valence-corrected chi connectivity index (χ4v) is 2.43. The summed E-state index contributed by atoms with van der Waals surface area (Å²) in [6.07, 6.45) is 1.87. The highest BCUT2D eigenvalue weighted by Crippen LogP contribution is 1.98. The van der Waals surface area contributed by atoms with Crippen LogP contribution < -0.4 is 5.32 Å². The standard InChI is InChI=1S/C6H13N3Si/c1-9-6(5-7-8-9)10(2,3)4/h5H,1-4H3. The van der Waals surface area contributed by atoms with Crippen LogP contribution in [0.4, 0.5) is 0 Å². The first-order valence-corrected chi connectivity index (χ1v) is 6.87. The van der Waals surface area contributed by atoms with E-state index in [-0.39, 0.29) is 0 Å². The summed E-state index contributed by atoms with van der Waals surface area (Å²) in [5.41, 5.74) is 0. The Morgan fingerprint density at radius 3 is 2.20 bits per heavy atom. The summed E-state index contributed by atoms with van der Waals surface area (Å²) in [5.74, 6) is 0. The molecular formula is C6H13N3Si. The monoisotopic (exact) mass is 155 g/mol. The third-order valence-electron chi connectivity index (χ3n) is 1.48. The molecule has 0 saturated carbocycles. The zero-order chi connectivity index (χ0) is 7.78. The molecule has 1 rings (SSSR count). The average Bonchev–Trinajstić information content (AvgIpc) is 2.11. The largest absolute Gasteiger partial charge is 0.257 e. The Kier molecular flexibility index (Phi) is 1.64. The molecule has 0 N–H and O–H groups in total. The Hall–Kier alpha value is -0.643. The number of hydrogen-bond donors (Lipinski definition) is 0.